The average Bonchev–Trinajstić information content (AvgIpc) is 2.38. The second kappa shape index (κ2) is 5.19. The molecule has 3 heteroatoms. The maximum absolute atomic E-state index is 13.9. The van der Waals surface area contributed by atoms with Crippen molar-refractivity contribution < 1.29 is 9.13 Å². The predicted octanol–water partition coefficient (Wildman–Crippen LogP) is 3.52. The Morgan fingerprint density at radius 1 is 1.11 bits per heavy atom. The van der Waals surface area contributed by atoms with Gasteiger partial charge in [-0.15, -0.1) is 0 Å². The molecular weight excluding hydrogens is 229 g/mol. The van der Waals surface area contributed by atoms with Gasteiger partial charge < -0.3 is 10.5 Å². The number of rotatable bonds is 3. The van der Waals surface area contributed by atoms with Crippen LogP contribution in [-0.4, -0.2) is 7.11 Å². The van der Waals surface area contributed by atoms with E-state index in [1.807, 2.05) is 31.2 Å². The fraction of sp³-hybridized carbons (Fsp3) is 0.200. The molecule has 0 unspecified atom stereocenters. The predicted molar refractivity (Wildman–Crippen MR) is 71.0 cm³/mol. The molecule has 0 aliphatic heterocycles. The third-order valence-electron chi connectivity index (χ3n) is 2.92. The van der Waals surface area contributed by atoms with E-state index in [0.717, 1.165) is 11.1 Å². The van der Waals surface area contributed by atoms with Crippen LogP contribution in [0.3, 0.4) is 0 Å². The van der Waals surface area contributed by atoms with Crippen LogP contribution in [-0.2, 0) is 0 Å². The Hall–Kier alpha value is -1.87. The molecule has 0 amide bonds. The van der Waals surface area contributed by atoms with Crippen LogP contribution in [0.5, 0.6) is 5.75 Å². The summed E-state index contributed by atoms with van der Waals surface area (Å²) in [5.41, 5.74) is 8.21. The van der Waals surface area contributed by atoms with Gasteiger partial charge in [-0.25, -0.2) is 4.39 Å². The quantitative estimate of drug-likeness (QED) is 0.898. The van der Waals surface area contributed by atoms with Gasteiger partial charge in [0, 0.05) is 17.7 Å². The minimum Gasteiger partial charge on any atom is -0.497 e. The smallest absolute Gasteiger partial charge is 0.134 e. The van der Waals surface area contributed by atoms with Gasteiger partial charge in [-0.05, 0) is 30.2 Å². The number of halogens is 1. The van der Waals surface area contributed by atoms with E-state index in [9.17, 15) is 4.39 Å². The van der Waals surface area contributed by atoms with E-state index in [2.05, 4.69) is 0 Å². The Balaban J connectivity index is 2.36. The Morgan fingerprint density at radius 2 is 1.78 bits per heavy atom. The summed E-state index contributed by atoms with van der Waals surface area (Å²) in [6.07, 6.45) is 0. The zero-order valence-corrected chi connectivity index (χ0v) is 10.5. The van der Waals surface area contributed by atoms with Gasteiger partial charge in [0.25, 0.3) is 0 Å². The molecule has 0 bridgehead atoms. The van der Waals surface area contributed by atoms with Crippen LogP contribution in [0.15, 0.2) is 42.5 Å². The van der Waals surface area contributed by atoms with Crippen LogP contribution < -0.4 is 10.5 Å². The first-order valence-corrected chi connectivity index (χ1v) is 5.81. The Labute approximate surface area is 106 Å². The molecule has 94 valence electrons. The van der Waals surface area contributed by atoms with Crippen molar-refractivity contribution >= 4 is 0 Å². The van der Waals surface area contributed by atoms with Crippen molar-refractivity contribution in [2.75, 3.05) is 7.11 Å². The van der Waals surface area contributed by atoms with Crippen molar-refractivity contribution in [3.63, 3.8) is 0 Å². The largest absolute Gasteiger partial charge is 0.497 e. The van der Waals surface area contributed by atoms with Gasteiger partial charge in [0.05, 0.1) is 7.11 Å². The summed E-state index contributed by atoms with van der Waals surface area (Å²) < 4.78 is 18.9. The second-order valence-electron chi connectivity index (χ2n) is 4.26. The number of ether oxygens (including phenoxy) is 1. The van der Waals surface area contributed by atoms with Crippen LogP contribution in [0.1, 0.15) is 18.5 Å². The number of hydrogen-bond acceptors (Lipinski definition) is 2. The molecule has 0 aliphatic rings. The Morgan fingerprint density at radius 3 is 2.28 bits per heavy atom. The highest BCUT2D eigenvalue weighted by Gasteiger charge is 2.07. The molecule has 18 heavy (non-hydrogen) atoms. The van der Waals surface area contributed by atoms with Crippen LogP contribution >= 0.6 is 0 Å². The maximum Gasteiger partial charge on any atom is 0.134 e. The van der Waals surface area contributed by atoms with Crippen molar-refractivity contribution in [1.82, 2.24) is 0 Å². The second-order valence-corrected chi connectivity index (χ2v) is 4.26. The Kier molecular flexibility index (Phi) is 3.63. The third-order valence-corrected chi connectivity index (χ3v) is 2.92. The monoisotopic (exact) mass is 245 g/mol. The van der Waals surface area contributed by atoms with Crippen molar-refractivity contribution in [3.8, 4) is 16.9 Å². The normalized spacial score (nSPS) is 12.2. The number of nitrogens with two attached hydrogens (primary N) is 1. The van der Waals surface area contributed by atoms with Gasteiger partial charge in [-0.1, -0.05) is 24.3 Å². The fourth-order valence-electron chi connectivity index (χ4n) is 1.82. The summed E-state index contributed by atoms with van der Waals surface area (Å²) in [7, 11) is 1.52. The molecular formula is C15H16FNO. The number of hydrogen-bond donors (Lipinski definition) is 1. The van der Waals surface area contributed by atoms with Crippen molar-refractivity contribution in [1.29, 1.82) is 0 Å². The number of benzene rings is 2. The zero-order chi connectivity index (χ0) is 13.1. The third kappa shape index (κ3) is 2.51. The van der Waals surface area contributed by atoms with Crippen molar-refractivity contribution in [3.05, 3.63) is 53.8 Å². The molecule has 2 aromatic rings. The van der Waals surface area contributed by atoms with E-state index >= 15 is 0 Å². The topological polar surface area (TPSA) is 35.2 Å². The summed E-state index contributed by atoms with van der Waals surface area (Å²) >= 11 is 0. The van der Waals surface area contributed by atoms with E-state index < -0.39 is 0 Å². The summed E-state index contributed by atoms with van der Waals surface area (Å²) in [5, 5.41) is 0. The molecule has 2 nitrogen and oxygen atoms in total. The van der Waals surface area contributed by atoms with Gasteiger partial charge in [0.15, 0.2) is 0 Å². The van der Waals surface area contributed by atoms with Crippen LogP contribution in [0.2, 0.25) is 0 Å². The fourth-order valence-corrected chi connectivity index (χ4v) is 1.82. The van der Waals surface area contributed by atoms with Gasteiger partial charge in [-0.2, -0.15) is 0 Å². The standard InChI is InChI=1S/C15H16FNO/c1-10(17)11-3-5-12(6-4-11)14-8-7-13(18-2)9-15(14)16/h3-10H,17H2,1-2H3/t10-/m1/s1. The summed E-state index contributed by atoms with van der Waals surface area (Å²) in [6.45, 7) is 1.92. The van der Waals surface area contributed by atoms with Gasteiger partial charge in [-0.3, -0.25) is 0 Å². The Bertz CT molecular complexity index is 535. The van der Waals surface area contributed by atoms with Gasteiger partial charge in [0.2, 0.25) is 0 Å². The summed E-state index contributed by atoms with van der Waals surface area (Å²) in [5.74, 6) is 0.228. The molecule has 2 N–H and O–H groups in total. The minimum absolute atomic E-state index is 0.0141. The van der Waals surface area contributed by atoms with Gasteiger partial charge in [0.1, 0.15) is 11.6 Å². The molecule has 2 rings (SSSR count). The lowest BCUT2D eigenvalue weighted by atomic mass is 10.0. The highest BCUT2D eigenvalue weighted by Crippen LogP contribution is 2.27. The van der Waals surface area contributed by atoms with E-state index in [1.54, 1.807) is 12.1 Å². The lowest BCUT2D eigenvalue weighted by Crippen LogP contribution is -2.04. The summed E-state index contributed by atoms with van der Waals surface area (Å²) in [4.78, 5) is 0. The number of methoxy groups -OCH3 is 1. The molecule has 0 saturated heterocycles. The van der Waals surface area contributed by atoms with Crippen LogP contribution in [0.25, 0.3) is 11.1 Å². The summed E-state index contributed by atoms with van der Waals surface area (Å²) in [6, 6.07) is 12.4. The lowest BCUT2D eigenvalue weighted by molar-refractivity contribution is 0.411. The molecule has 0 saturated carbocycles. The molecule has 0 aliphatic carbocycles. The minimum atomic E-state index is -0.289. The molecule has 2 aromatic carbocycles. The first-order chi connectivity index (χ1) is 8.61. The first kappa shape index (κ1) is 12.6. The van der Waals surface area contributed by atoms with Crippen molar-refractivity contribution in [2.45, 2.75) is 13.0 Å². The van der Waals surface area contributed by atoms with E-state index in [-0.39, 0.29) is 11.9 Å². The molecule has 0 fully saturated rings. The molecule has 0 aromatic heterocycles. The van der Waals surface area contributed by atoms with Crippen molar-refractivity contribution in [2.24, 2.45) is 5.73 Å². The van der Waals surface area contributed by atoms with E-state index in [1.165, 1.54) is 13.2 Å². The van der Waals surface area contributed by atoms with E-state index in [4.69, 9.17) is 10.5 Å². The van der Waals surface area contributed by atoms with Crippen LogP contribution in [0, 0.1) is 5.82 Å². The zero-order valence-electron chi connectivity index (χ0n) is 10.5. The molecule has 0 heterocycles. The highest BCUT2D eigenvalue weighted by molar-refractivity contribution is 5.65. The first-order valence-electron chi connectivity index (χ1n) is 5.81. The molecule has 0 radical (unpaired) electrons. The molecule has 0 spiro atoms. The van der Waals surface area contributed by atoms with Crippen LogP contribution in [0.4, 0.5) is 4.39 Å². The van der Waals surface area contributed by atoms with E-state index in [0.29, 0.717) is 11.3 Å². The lowest BCUT2D eigenvalue weighted by Gasteiger charge is -2.09. The average molecular weight is 245 g/mol. The molecule has 1 atom stereocenters. The highest BCUT2D eigenvalue weighted by atomic mass is 19.1. The van der Waals surface area contributed by atoms with Gasteiger partial charge >= 0.3 is 0 Å². The SMILES string of the molecule is COc1ccc(-c2ccc([C@@H](C)N)cc2)c(F)c1. The maximum atomic E-state index is 13.9.